The standard InChI is InChI=1S/C13H15N3OS/c1-9(2)11-8-12(16-15-11)14-13(17)6-5-10-4-3-7-18-10/h3-9H,1-2H3,(H2,14,15,16,17)/b6-5+. The van der Waals surface area contributed by atoms with E-state index >= 15 is 0 Å². The van der Waals surface area contributed by atoms with Crippen LogP contribution >= 0.6 is 11.3 Å². The zero-order valence-corrected chi connectivity index (χ0v) is 11.1. The number of carbonyl (C=O) groups excluding carboxylic acids is 1. The second kappa shape index (κ2) is 5.64. The van der Waals surface area contributed by atoms with Gasteiger partial charge in [0.15, 0.2) is 5.82 Å². The van der Waals surface area contributed by atoms with E-state index in [4.69, 9.17) is 0 Å². The van der Waals surface area contributed by atoms with Crippen LogP contribution in [0.2, 0.25) is 0 Å². The van der Waals surface area contributed by atoms with Crippen LogP contribution in [-0.4, -0.2) is 16.1 Å². The van der Waals surface area contributed by atoms with Gasteiger partial charge >= 0.3 is 0 Å². The van der Waals surface area contributed by atoms with Crippen LogP contribution in [0.1, 0.15) is 30.3 Å². The summed E-state index contributed by atoms with van der Waals surface area (Å²) in [6, 6.07) is 5.76. The minimum atomic E-state index is -0.176. The van der Waals surface area contributed by atoms with Crippen molar-refractivity contribution in [2.75, 3.05) is 5.32 Å². The van der Waals surface area contributed by atoms with Gasteiger partial charge in [-0.05, 0) is 23.4 Å². The summed E-state index contributed by atoms with van der Waals surface area (Å²) in [5, 5.41) is 11.6. The summed E-state index contributed by atoms with van der Waals surface area (Å²) in [6.07, 6.45) is 3.30. The van der Waals surface area contributed by atoms with Gasteiger partial charge in [-0.1, -0.05) is 19.9 Å². The predicted octanol–water partition coefficient (Wildman–Crippen LogP) is 3.25. The highest BCUT2D eigenvalue weighted by Gasteiger charge is 2.05. The maximum absolute atomic E-state index is 11.6. The lowest BCUT2D eigenvalue weighted by atomic mass is 10.1. The van der Waals surface area contributed by atoms with Gasteiger partial charge in [0.1, 0.15) is 0 Å². The van der Waals surface area contributed by atoms with Crippen molar-refractivity contribution in [1.82, 2.24) is 10.2 Å². The quantitative estimate of drug-likeness (QED) is 0.830. The van der Waals surface area contributed by atoms with Crippen LogP contribution in [0.5, 0.6) is 0 Å². The molecule has 0 aromatic carbocycles. The number of anilines is 1. The molecule has 0 aliphatic rings. The molecular weight excluding hydrogens is 246 g/mol. The summed E-state index contributed by atoms with van der Waals surface area (Å²) < 4.78 is 0. The molecule has 0 atom stereocenters. The zero-order chi connectivity index (χ0) is 13.0. The molecule has 0 fully saturated rings. The van der Waals surface area contributed by atoms with Crippen LogP contribution in [0.3, 0.4) is 0 Å². The molecule has 4 nitrogen and oxygen atoms in total. The Balaban J connectivity index is 1.94. The smallest absolute Gasteiger partial charge is 0.249 e. The van der Waals surface area contributed by atoms with Gasteiger partial charge < -0.3 is 5.32 Å². The lowest BCUT2D eigenvalue weighted by Gasteiger charge is -1.97. The fourth-order valence-electron chi connectivity index (χ4n) is 1.41. The minimum Gasteiger partial charge on any atom is -0.306 e. The molecule has 94 valence electrons. The Morgan fingerprint density at radius 1 is 1.56 bits per heavy atom. The van der Waals surface area contributed by atoms with Gasteiger partial charge in [0.25, 0.3) is 0 Å². The number of hydrogen-bond donors (Lipinski definition) is 2. The average molecular weight is 261 g/mol. The molecule has 18 heavy (non-hydrogen) atoms. The molecule has 2 N–H and O–H groups in total. The topological polar surface area (TPSA) is 57.8 Å². The van der Waals surface area contributed by atoms with E-state index < -0.39 is 0 Å². The third kappa shape index (κ3) is 3.30. The second-order valence-corrected chi connectivity index (χ2v) is 5.18. The molecule has 0 saturated carbocycles. The fraction of sp³-hybridized carbons (Fsp3) is 0.231. The van der Waals surface area contributed by atoms with E-state index in [-0.39, 0.29) is 5.91 Å². The Morgan fingerprint density at radius 2 is 2.39 bits per heavy atom. The molecule has 2 aromatic rings. The first-order valence-electron chi connectivity index (χ1n) is 5.73. The van der Waals surface area contributed by atoms with Gasteiger partial charge in [0, 0.05) is 22.7 Å². The van der Waals surface area contributed by atoms with E-state index in [0.29, 0.717) is 11.7 Å². The number of aromatic nitrogens is 2. The molecule has 0 unspecified atom stereocenters. The number of carbonyl (C=O) groups is 1. The van der Waals surface area contributed by atoms with Gasteiger partial charge in [0.05, 0.1) is 0 Å². The predicted molar refractivity (Wildman–Crippen MR) is 74.7 cm³/mol. The maximum Gasteiger partial charge on any atom is 0.249 e. The second-order valence-electron chi connectivity index (χ2n) is 4.20. The Bertz CT molecular complexity index is 540. The third-order valence-electron chi connectivity index (χ3n) is 2.41. The first-order valence-corrected chi connectivity index (χ1v) is 6.61. The van der Waals surface area contributed by atoms with Crippen LogP contribution in [0.4, 0.5) is 5.82 Å². The first-order chi connectivity index (χ1) is 8.65. The van der Waals surface area contributed by atoms with E-state index in [0.717, 1.165) is 10.6 Å². The molecular formula is C13H15N3OS. The Kier molecular flexibility index (Phi) is 3.94. The third-order valence-corrected chi connectivity index (χ3v) is 3.25. The summed E-state index contributed by atoms with van der Waals surface area (Å²) in [5.41, 5.74) is 1.01. The summed E-state index contributed by atoms with van der Waals surface area (Å²) in [7, 11) is 0. The maximum atomic E-state index is 11.6. The van der Waals surface area contributed by atoms with E-state index in [1.54, 1.807) is 17.4 Å². The van der Waals surface area contributed by atoms with Gasteiger partial charge in [-0.15, -0.1) is 11.3 Å². The van der Waals surface area contributed by atoms with Crippen molar-refractivity contribution < 1.29 is 4.79 Å². The molecule has 0 aliphatic heterocycles. The van der Waals surface area contributed by atoms with Crippen molar-refractivity contribution in [1.29, 1.82) is 0 Å². The number of thiophene rings is 1. The van der Waals surface area contributed by atoms with E-state index in [2.05, 4.69) is 29.4 Å². The molecule has 0 bridgehead atoms. The summed E-state index contributed by atoms with van der Waals surface area (Å²) >= 11 is 1.59. The molecule has 5 heteroatoms. The molecule has 0 radical (unpaired) electrons. The molecule has 2 rings (SSSR count). The summed E-state index contributed by atoms with van der Waals surface area (Å²) in [6.45, 7) is 4.13. The highest BCUT2D eigenvalue weighted by atomic mass is 32.1. The van der Waals surface area contributed by atoms with E-state index in [1.807, 2.05) is 23.6 Å². The van der Waals surface area contributed by atoms with Gasteiger partial charge in [-0.3, -0.25) is 9.89 Å². The molecule has 0 saturated heterocycles. The fourth-order valence-corrected chi connectivity index (χ4v) is 2.03. The Labute approximate surface area is 110 Å². The average Bonchev–Trinajstić information content (AvgIpc) is 2.96. The normalized spacial score (nSPS) is 11.3. The van der Waals surface area contributed by atoms with E-state index in [1.165, 1.54) is 6.08 Å². The SMILES string of the molecule is CC(C)c1cc(NC(=O)/C=C/c2cccs2)n[nH]1. The first kappa shape index (κ1) is 12.6. The number of aromatic amines is 1. The molecule has 2 aromatic heterocycles. The summed E-state index contributed by atoms with van der Waals surface area (Å²) in [4.78, 5) is 12.7. The van der Waals surface area contributed by atoms with Crippen molar-refractivity contribution in [2.45, 2.75) is 19.8 Å². The number of amides is 1. The van der Waals surface area contributed by atoms with Crippen molar-refractivity contribution in [2.24, 2.45) is 0 Å². The molecule has 2 heterocycles. The van der Waals surface area contributed by atoms with Crippen LogP contribution in [0, 0.1) is 0 Å². The van der Waals surface area contributed by atoms with Crippen molar-refractivity contribution in [3.8, 4) is 0 Å². The minimum absolute atomic E-state index is 0.176. The number of hydrogen-bond acceptors (Lipinski definition) is 3. The number of nitrogens with zero attached hydrogens (tertiary/aromatic N) is 1. The number of rotatable bonds is 4. The molecule has 0 aliphatic carbocycles. The van der Waals surface area contributed by atoms with Crippen LogP contribution in [-0.2, 0) is 4.79 Å². The number of H-pyrrole nitrogens is 1. The van der Waals surface area contributed by atoms with Crippen molar-refractivity contribution in [3.63, 3.8) is 0 Å². The monoisotopic (exact) mass is 261 g/mol. The van der Waals surface area contributed by atoms with Gasteiger partial charge in [-0.2, -0.15) is 5.10 Å². The number of nitrogens with one attached hydrogen (secondary N) is 2. The van der Waals surface area contributed by atoms with Gasteiger partial charge in [0.2, 0.25) is 5.91 Å². The van der Waals surface area contributed by atoms with E-state index in [9.17, 15) is 4.79 Å². The summed E-state index contributed by atoms with van der Waals surface area (Å²) in [5.74, 6) is 0.745. The highest BCUT2D eigenvalue weighted by molar-refractivity contribution is 7.10. The van der Waals surface area contributed by atoms with Crippen molar-refractivity contribution >= 4 is 29.1 Å². The van der Waals surface area contributed by atoms with Crippen molar-refractivity contribution in [3.05, 3.63) is 40.2 Å². The lowest BCUT2D eigenvalue weighted by Crippen LogP contribution is -2.07. The van der Waals surface area contributed by atoms with Crippen LogP contribution < -0.4 is 5.32 Å². The largest absolute Gasteiger partial charge is 0.306 e. The molecule has 0 spiro atoms. The van der Waals surface area contributed by atoms with Crippen LogP contribution in [0.25, 0.3) is 6.08 Å². The molecule has 1 amide bonds. The highest BCUT2D eigenvalue weighted by Crippen LogP contribution is 2.15. The Hall–Kier alpha value is -1.88. The zero-order valence-electron chi connectivity index (χ0n) is 10.3. The Morgan fingerprint density at radius 3 is 3.00 bits per heavy atom. The van der Waals surface area contributed by atoms with Gasteiger partial charge in [-0.25, -0.2) is 0 Å². The lowest BCUT2D eigenvalue weighted by molar-refractivity contribution is -0.111. The van der Waals surface area contributed by atoms with Crippen LogP contribution in [0.15, 0.2) is 29.7 Å².